The van der Waals surface area contributed by atoms with E-state index in [9.17, 15) is 4.79 Å². The zero-order chi connectivity index (χ0) is 13.7. The molecule has 1 heterocycles. The van der Waals surface area contributed by atoms with Crippen molar-refractivity contribution in [3.63, 3.8) is 0 Å². The summed E-state index contributed by atoms with van der Waals surface area (Å²) in [7, 11) is 0. The maximum Gasteiger partial charge on any atom is 0.230 e. The van der Waals surface area contributed by atoms with Crippen LogP contribution in [0.3, 0.4) is 0 Å². The summed E-state index contributed by atoms with van der Waals surface area (Å²) < 4.78 is 1.45. The summed E-state index contributed by atoms with van der Waals surface area (Å²) in [6, 6.07) is 5.36. The molecule has 0 spiro atoms. The molecular formula is C14H23N3O. The lowest BCUT2D eigenvalue weighted by atomic mass is 9.94. The Balaban J connectivity index is 3.09. The number of pyridine rings is 1. The van der Waals surface area contributed by atoms with E-state index in [2.05, 4.69) is 25.8 Å². The molecule has 0 fully saturated rings. The SMILES string of the molecule is CCC(C/N=c1/cccc(N)n1C(C)=O)C(C)C. The molecule has 0 amide bonds. The van der Waals surface area contributed by atoms with E-state index >= 15 is 0 Å². The summed E-state index contributed by atoms with van der Waals surface area (Å²) in [5.74, 6) is 1.45. The van der Waals surface area contributed by atoms with Gasteiger partial charge in [0, 0.05) is 13.5 Å². The van der Waals surface area contributed by atoms with Gasteiger partial charge >= 0.3 is 0 Å². The van der Waals surface area contributed by atoms with Crippen LogP contribution in [0.2, 0.25) is 0 Å². The van der Waals surface area contributed by atoms with Crippen LogP contribution in [0.5, 0.6) is 0 Å². The second-order valence-corrected chi connectivity index (χ2v) is 4.92. The van der Waals surface area contributed by atoms with Crippen LogP contribution in [-0.2, 0) is 0 Å². The molecule has 0 saturated carbocycles. The van der Waals surface area contributed by atoms with E-state index in [-0.39, 0.29) is 5.91 Å². The Labute approximate surface area is 109 Å². The van der Waals surface area contributed by atoms with Crippen molar-refractivity contribution in [1.82, 2.24) is 4.57 Å². The van der Waals surface area contributed by atoms with Crippen LogP contribution in [-0.4, -0.2) is 17.0 Å². The highest BCUT2D eigenvalue weighted by molar-refractivity contribution is 5.79. The first-order chi connectivity index (χ1) is 8.47. The summed E-state index contributed by atoms with van der Waals surface area (Å²) in [5.41, 5.74) is 6.44. The Morgan fingerprint density at radius 3 is 2.61 bits per heavy atom. The Morgan fingerprint density at radius 2 is 2.11 bits per heavy atom. The summed E-state index contributed by atoms with van der Waals surface area (Å²) in [6.07, 6.45) is 1.09. The Morgan fingerprint density at radius 1 is 1.44 bits per heavy atom. The van der Waals surface area contributed by atoms with Crippen molar-refractivity contribution in [2.45, 2.75) is 34.1 Å². The molecule has 0 saturated heterocycles. The third-order valence-corrected chi connectivity index (χ3v) is 3.27. The fourth-order valence-corrected chi connectivity index (χ4v) is 2.00. The van der Waals surface area contributed by atoms with Gasteiger partial charge in [-0.1, -0.05) is 33.3 Å². The topological polar surface area (TPSA) is 60.4 Å². The van der Waals surface area contributed by atoms with Crippen molar-refractivity contribution in [1.29, 1.82) is 0 Å². The van der Waals surface area contributed by atoms with Crippen LogP contribution in [0, 0.1) is 11.8 Å². The van der Waals surface area contributed by atoms with Crippen LogP contribution in [0.1, 0.15) is 38.9 Å². The minimum absolute atomic E-state index is 0.107. The molecule has 1 unspecified atom stereocenters. The highest BCUT2D eigenvalue weighted by Gasteiger charge is 2.10. The molecule has 2 N–H and O–H groups in total. The molecule has 1 aromatic heterocycles. The van der Waals surface area contributed by atoms with Gasteiger partial charge in [0.15, 0.2) is 0 Å². The Kier molecular flexibility index (Phi) is 5.13. The predicted molar refractivity (Wildman–Crippen MR) is 74.2 cm³/mol. The number of rotatable bonds is 4. The van der Waals surface area contributed by atoms with E-state index in [1.165, 1.54) is 11.5 Å². The molecule has 4 heteroatoms. The monoisotopic (exact) mass is 249 g/mol. The van der Waals surface area contributed by atoms with Crippen LogP contribution in [0.25, 0.3) is 0 Å². The van der Waals surface area contributed by atoms with Gasteiger partial charge in [-0.15, -0.1) is 0 Å². The first-order valence-electron chi connectivity index (χ1n) is 6.46. The van der Waals surface area contributed by atoms with Crippen molar-refractivity contribution in [3.05, 3.63) is 23.7 Å². The zero-order valence-corrected chi connectivity index (χ0v) is 11.7. The van der Waals surface area contributed by atoms with Crippen molar-refractivity contribution in [2.24, 2.45) is 16.8 Å². The van der Waals surface area contributed by atoms with Crippen molar-refractivity contribution in [2.75, 3.05) is 12.3 Å². The van der Waals surface area contributed by atoms with Gasteiger partial charge < -0.3 is 5.73 Å². The standard InChI is InChI=1S/C14H23N3O/c1-5-12(10(2)3)9-16-14-8-6-7-13(15)17(14)11(4)18/h6-8,10,12H,5,9,15H2,1-4H3/b16-14-. The van der Waals surface area contributed by atoms with Gasteiger partial charge in [0.05, 0.1) is 0 Å². The molecule has 1 aromatic rings. The molecular weight excluding hydrogens is 226 g/mol. The molecule has 0 aliphatic carbocycles. The highest BCUT2D eigenvalue weighted by Crippen LogP contribution is 2.14. The number of hydrogen-bond acceptors (Lipinski definition) is 3. The number of nitrogens with zero attached hydrogens (tertiary/aromatic N) is 2. The Hall–Kier alpha value is -1.58. The first-order valence-corrected chi connectivity index (χ1v) is 6.46. The molecule has 0 bridgehead atoms. The minimum atomic E-state index is -0.107. The first kappa shape index (κ1) is 14.5. The maximum atomic E-state index is 11.6. The minimum Gasteiger partial charge on any atom is -0.385 e. The van der Waals surface area contributed by atoms with Gasteiger partial charge in [0.2, 0.25) is 5.91 Å². The van der Waals surface area contributed by atoms with E-state index in [1.54, 1.807) is 6.07 Å². The predicted octanol–water partition coefficient (Wildman–Crippen LogP) is 2.31. The zero-order valence-electron chi connectivity index (χ0n) is 11.7. The third kappa shape index (κ3) is 3.45. The average Bonchev–Trinajstić information content (AvgIpc) is 2.28. The van der Waals surface area contributed by atoms with Gasteiger partial charge in [-0.2, -0.15) is 0 Å². The quantitative estimate of drug-likeness (QED) is 0.890. The van der Waals surface area contributed by atoms with Gasteiger partial charge in [-0.25, -0.2) is 0 Å². The van der Waals surface area contributed by atoms with Crippen molar-refractivity contribution < 1.29 is 4.79 Å². The Bertz CT molecular complexity index is 474. The number of hydrogen-bond donors (Lipinski definition) is 1. The summed E-state index contributed by atoms with van der Waals surface area (Å²) in [4.78, 5) is 16.1. The molecule has 0 aliphatic heterocycles. The van der Waals surface area contributed by atoms with E-state index in [0.717, 1.165) is 13.0 Å². The molecule has 18 heavy (non-hydrogen) atoms. The normalized spacial score (nSPS) is 13.9. The number of carbonyl (C=O) groups excluding carboxylic acids is 1. The number of nitrogens with two attached hydrogens (primary N) is 1. The molecule has 0 aliphatic rings. The molecule has 1 atom stereocenters. The summed E-state index contributed by atoms with van der Waals surface area (Å²) >= 11 is 0. The lowest BCUT2D eigenvalue weighted by molar-refractivity contribution is 0.0934. The van der Waals surface area contributed by atoms with E-state index in [1.807, 2.05) is 12.1 Å². The fraction of sp³-hybridized carbons (Fsp3) is 0.571. The van der Waals surface area contributed by atoms with E-state index < -0.39 is 0 Å². The van der Waals surface area contributed by atoms with E-state index in [4.69, 9.17) is 5.73 Å². The number of anilines is 1. The van der Waals surface area contributed by atoms with Gasteiger partial charge in [-0.05, 0) is 24.0 Å². The van der Waals surface area contributed by atoms with Crippen molar-refractivity contribution >= 4 is 11.7 Å². The molecule has 100 valence electrons. The number of nitrogen functional groups attached to an aromatic ring is 1. The lowest BCUT2D eigenvalue weighted by Crippen LogP contribution is -2.28. The number of carbonyl (C=O) groups is 1. The van der Waals surface area contributed by atoms with Crippen molar-refractivity contribution in [3.8, 4) is 0 Å². The van der Waals surface area contributed by atoms with Crippen LogP contribution in [0.15, 0.2) is 23.2 Å². The van der Waals surface area contributed by atoms with Gasteiger partial charge in [0.1, 0.15) is 11.3 Å². The molecule has 4 nitrogen and oxygen atoms in total. The summed E-state index contributed by atoms with van der Waals surface area (Å²) in [6.45, 7) is 8.78. The molecule has 0 radical (unpaired) electrons. The van der Waals surface area contributed by atoms with Crippen LogP contribution < -0.4 is 11.2 Å². The molecule has 0 aromatic carbocycles. The largest absolute Gasteiger partial charge is 0.385 e. The number of aromatic nitrogens is 1. The lowest BCUT2D eigenvalue weighted by Gasteiger charge is -2.16. The van der Waals surface area contributed by atoms with E-state index in [0.29, 0.717) is 23.1 Å². The van der Waals surface area contributed by atoms with Crippen LogP contribution in [0.4, 0.5) is 5.82 Å². The second kappa shape index (κ2) is 6.38. The highest BCUT2D eigenvalue weighted by atomic mass is 16.1. The average molecular weight is 249 g/mol. The van der Waals surface area contributed by atoms with Crippen LogP contribution >= 0.6 is 0 Å². The van der Waals surface area contributed by atoms with Gasteiger partial charge in [0.25, 0.3) is 0 Å². The smallest absolute Gasteiger partial charge is 0.230 e. The summed E-state index contributed by atoms with van der Waals surface area (Å²) in [5, 5.41) is 0. The second-order valence-electron chi connectivity index (χ2n) is 4.92. The third-order valence-electron chi connectivity index (χ3n) is 3.27. The fourth-order valence-electron chi connectivity index (χ4n) is 2.00. The van der Waals surface area contributed by atoms with Gasteiger partial charge in [-0.3, -0.25) is 14.4 Å². The molecule has 1 rings (SSSR count). The maximum absolute atomic E-state index is 11.6.